The Morgan fingerprint density at radius 1 is 1.09 bits per heavy atom. The molecule has 0 aliphatic carbocycles. The predicted molar refractivity (Wildman–Crippen MR) is 130 cm³/mol. The highest BCUT2D eigenvalue weighted by atomic mass is 32.2. The third kappa shape index (κ3) is 5.82. The van der Waals surface area contributed by atoms with Crippen molar-refractivity contribution in [3.8, 4) is 11.4 Å². The number of benzene rings is 2. The van der Waals surface area contributed by atoms with Crippen molar-refractivity contribution in [1.29, 1.82) is 0 Å². The van der Waals surface area contributed by atoms with Gasteiger partial charge in [0.05, 0.1) is 10.1 Å². The summed E-state index contributed by atoms with van der Waals surface area (Å²) in [5.41, 5.74) is 7.24. The third-order valence-corrected chi connectivity index (χ3v) is 8.45. The zero-order valence-electron chi connectivity index (χ0n) is 19.0. The molecule has 0 radical (unpaired) electrons. The van der Waals surface area contributed by atoms with Crippen LogP contribution >= 0.6 is 11.8 Å². The van der Waals surface area contributed by atoms with Crippen LogP contribution in [0.5, 0.6) is 0 Å². The van der Waals surface area contributed by atoms with Gasteiger partial charge >= 0.3 is 0 Å². The number of rotatable bonds is 11. The third-order valence-electron chi connectivity index (χ3n) is 5.30. The molecule has 0 saturated carbocycles. The first-order valence-corrected chi connectivity index (χ1v) is 13.1. The average Bonchev–Trinajstić information content (AvgIpc) is 3.21. The average molecular weight is 488 g/mol. The van der Waals surface area contributed by atoms with Gasteiger partial charge in [-0.25, -0.2) is 8.42 Å². The van der Waals surface area contributed by atoms with E-state index in [0.717, 1.165) is 12.0 Å². The molecular weight excluding hydrogens is 458 g/mol. The van der Waals surface area contributed by atoms with E-state index in [4.69, 9.17) is 5.73 Å². The fourth-order valence-corrected chi connectivity index (χ4v) is 5.73. The van der Waals surface area contributed by atoms with Gasteiger partial charge in [0.15, 0.2) is 11.0 Å². The van der Waals surface area contributed by atoms with Crippen molar-refractivity contribution in [2.75, 3.05) is 13.1 Å². The monoisotopic (exact) mass is 487 g/mol. The van der Waals surface area contributed by atoms with Crippen LogP contribution in [-0.4, -0.2) is 51.7 Å². The predicted octanol–water partition coefficient (Wildman–Crippen LogP) is 3.18. The summed E-state index contributed by atoms with van der Waals surface area (Å²) in [6.45, 7) is 6.70. The summed E-state index contributed by atoms with van der Waals surface area (Å²) in [7, 11) is -3.61. The maximum atomic E-state index is 13.0. The Morgan fingerprint density at radius 2 is 1.79 bits per heavy atom. The molecule has 10 heteroatoms. The number of aryl methyl sites for hydroxylation is 1. The number of nitrogens with zero attached hydrogens (tertiary/aromatic N) is 4. The number of hydrogen-bond donors (Lipinski definition) is 1. The molecule has 1 heterocycles. The van der Waals surface area contributed by atoms with Crippen LogP contribution < -0.4 is 5.73 Å². The van der Waals surface area contributed by atoms with E-state index in [2.05, 4.69) is 10.2 Å². The van der Waals surface area contributed by atoms with E-state index >= 15 is 0 Å². The Balaban J connectivity index is 2.01. The van der Waals surface area contributed by atoms with Crippen molar-refractivity contribution in [3.05, 3.63) is 60.2 Å². The maximum Gasteiger partial charge on any atom is 0.243 e. The van der Waals surface area contributed by atoms with E-state index in [-0.39, 0.29) is 4.90 Å². The summed E-state index contributed by atoms with van der Waals surface area (Å²) in [6.07, 6.45) is 0.724. The van der Waals surface area contributed by atoms with Gasteiger partial charge in [0, 0.05) is 25.2 Å². The van der Waals surface area contributed by atoms with Crippen molar-refractivity contribution in [2.45, 2.75) is 49.0 Å². The van der Waals surface area contributed by atoms with E-state index < -0.39 is 21.2 Å². The SMILES string of the molecule is CCN(CC)S(=O)(=O)c1cccc(-c2nnc(S[C@@H](C)C(N)=O)n2CCc2ccccc2)c1. The summed E-state index contributed by atoms with van der Waals surface area (Å²) >= 11 is 1.24. The molecule has 3 aromatic rings. The summed E-state index contributed by atoms with van der Waals surface area (Å²) in [6, 6.07) is 16.8. The number of nitrogens with two attached hydrogens (primary N) is 1. The van der Waals surface area contributed by atoms with Gasteiger partial charge in [-0.2, -0.15) is 4.31 Å². The van der Waals surface area contributed by atoms with E-state index in [1.165, 1.54) is 16.1 Å². The number of primary amides is 1. The summed E-state index contributed by atoms with van der Waals surface area (Å²) in [5.74, 6) is 0.105. The molecule has 0 saturated heterocycles. The van der Waals surface area contributed by atoms with E-state index in [0.29, 0.717) is 36.2 Å². The fraction of sp³-hybridized carbons (Fsp3) is 0.348. The molecule has 1 aromatic heterocycles. The second kappa shape index (κ2) is 11.0. The smallest absolute Gasteiger partial charge is 0.243 e. The highest BCUT2D eigenvalue weighted by Gasteiger charge is 2.24. The molecular formula is C23H29N5O3S2. The van der Waals surface area contributed by atoms with Gasteiger partial charge in [0.1, 0.15) is 0 Å². The van der Waals surface area contributed by atoms with Gasteiger partial charge in [-0.1, -0.05) is 68.1 Å². The van der Waals surface area contributed by atoms with Crippen molar-refractivity contribution in [3.63, 3.8) is 0 Å². The Morgan fingerprint density at radius 3 is 2.42 bits per heavy atom. The number of carbonyl (C=O) groups is 1. The number of thioether (sulfide) groups is 1. The minimum Gasteiger partial charge on any atom is -0.369 e. The second-order valence-electron chi connectivity index (χ2n) is 7.47. The number of carbonyl (C=O) groups excluding carboxylic acids is 1. The molecule has 2 aromatic carbocycles. The Hall–Kier alpha value is -2.69. The van der Waals surface area contributed by atoms with Gasteiger partial charge in [-0.3, -0.25) is 4.79 Å². The van der Waals surface area contributed by atoms with Crippen molar-refractivity contribution < 1.29 is 13.2 Å². The van der Waals surface area contributed by atoms with Crippen molar-refractivity contribution >= 4 is 27.7 Å². The van der Waals surface area contributed by atoms with Crippen LogP contribution in [0.15, 0.2) is 64.6 Å². The zero-order chi connectivity index (χ0) is 24.0. The molecule has 8 nitrogen and oxygen atoms in total. The van der Waals surface area contributed by atoms with Gasteiger partial charge in [-0.15, -0.1) is 10.2 Å². The van der Waals surface area contributed by atoms with Gasteiger partial charge < -0.3 is 10.3 Å². The first-order chi connectivity index (χ1) is 15.8. The first kappa shape index (κ1) is 24.9. The lowest BCUT2D eigenvalue weighted by Crippen LogP contribution is -2.30. The van der Waals surface area contributed by atoms with Crippen LogP contribution in [0.3, 0.4) is 0 Å². The summed E-state index contributed by atoms with van der Waals surface area (Å²) < 4.78 is 29.4. The minimum absolute atomic E-state index is 0.209. The molecule has 2 N–H and O–H groups in total. The Labute approximate surface area is 199 Å². The van der Waals surface area contributed by atoms with Crippen LogP contribution in [-0.2, 0) is 27.8 Å². The normalized spacial score (nSPS) is 12.7. The first-order valence-electron chi connectivity index (χ1n) is 10.8. The number of hydrogen-bond acceptors (Lipinski definition) is 6. The standard InChI is InChI=1S/C23H29N5O3S2/c1-4-27(5-2)33(30,31)20-13-9-12-19(16-20)22-25-26-23(32-17(3)21(24)29)28(22)15-14-18-10-7-6-8-11-18/h6-13,16-17H,4-5,14-15H2,1-3H3,(H2,24,29)/t17-/m0/s1. The molecule has 0 aliphatic rings. The van der Waals surface area contributed by atoms with Gasteiger partial charge in [-0.05, 0) is 31.0 Å². The van der Waals surface area contributed by atoms with Crippen LogP contribution in [0.2, 0.25) is 0 Å². The number of sulfonamides is 1. The fourth-order valence-electron chi connectivity index (χ4n) is 3.40. The van der Waals surface area contributed by atoms with Crippen LogP contribution in [0.25, 0.3) is 11.4 Å². The second-order valence-corrected chi connectivity index (χ2v) is 10.7. The molecule has 33 heavy (non-hydrogen) atoms. The van der Waals surface area contributed by atoms with Crippen LogP contribution in [0.1, 0.15) is 26.3 Å². The topological polar surface area (TPSA) is 111 Å². The highest BCUT2D eigenvalue weighted by molar-refractivity contribution is 8.00. The molecule has 1 amide bonds. The van der Waals surface area contributed by atoms with E-state index in [9.17, 15) is 13.2 Å². The summed E-state index contributed by atoms with van der Waals surface area (Å²) in [5, 5.41) is 8.73. The van der Waals surface area contributed by atoms with E-state index in [1.807, 2.05) is 54.8 Å². The zero-order valence-corrected chi connectivity index (χ0v) is 20.6. The number of amides is 1. The van der Waals surface area contributed by atoms with E-state index in [1.54, 1.807) is 25.1 Å². The molecule has 1 atom stereocenters. The van der Waals surface area contributed by atoms with Gasteiger partial charge in [0.2, 0.25) is 15.9 Å². The molecule has 0 spiro atoms. The molecule has 176 valence electrons. The quantitative estimate of drug-likeness (QED) is 0.416. The maximum absolute atomic E-state index is 13.0. The minimum atomic E-state index is -3.61. The largest absolute Gasteiger partial charge is 0.369 e. The van der Waals surface area contributed by atoms with Crippen molar-refractivity contribution in [1.82, 2.24) is 19.1 Å². The molecule has 0 unspecified atom stereocenters. The van der Waals surface area contributed by atoms with Crippen LogP contribution in [0, 0.1) is 0 Å². The lowest BCUT2D eigenvalue weighted by Gasteiger charge is -2.19. The van der Waals surface area contributed by atoms with Crippen LogP contribution in [0.4, 0.5) is 0 Å². The Bertz CT molecular complexity index is 1190. The van der Waals surface area contributed by atoms with Crippen molar-refractivity contribution in [2.24, 2.45) is 5.73 Å². The molecule has 3 rings (SSSR count). The lowest BCUT2D eigenvalue weighted by molar-refractivity contribution is -0.117. The highest BCUT2D eigenvalue weighted by Crippen LogP contribution is 2.29. The number of aromatic nitrogens is 3. The molecule has 0 aliphatic heterocycles. The summed E-state index contributed by atoms with van der Waals surface area (Å²) in [4.78, 5) is 11.8. The lowest BCUT2D eigenvalue weighted by atomic mass is 10.1. The molecule has 0 bridgehead atoms. The molecule has 0 fully saturated rings. The Kier molecular flexibility index (Phi) is 8.28. The van der Waals surface area contributed by atoms with Gasteiger partial charge in [0.25, 0.3) is 0 Å².